The van der Waals surface area contributed by atoms with Crippen molar-refractivity contribution in [1.82, 2.24) is 10.3 Å². The van der Waals surface area contributed by atoms with Crippen molar-refractivity contribution in [2.24, 2.45) is 4.99 Å². The van der Waals surface area contributed by atoms with Crippen LogP contribution in [0.1, 0.15) is 42.5 Å². The highest BCUT2D eigenvalue weighted by atomic mass is 14.9. The van der Waals surface area contributed by atoms with E-state index in [1.165, 1.54) is 11.1 Å². The van der Waals surface area contributed by atoms with Crippen molar-refractivity contribution in [2.75, 3.05) is 7.05 Å². The summed E-state index contributed by atoms with van der Waals surface area (Å²) in [6.07, 6.45) is 11.6. The van der Waals surface area contributed by atoms with Gasteiger partial charge in [0.15, 0.2) is 0 Å². The average molecular weight is 462 g/mol. The summed E-state index contributed by atoms with van der Waals surface area (Å²) in [7, 11) is 1.81. The summed E-state index contributed by atoms with van der Waals surface area (Å²) in [5, 5.41) is 3.44. The number of nitrogens with zero attached hydrogens (tertiary/aromatic N) is 2. The number of aromatic nitrogens is 1. The monoisotopic (exact) mass is 461 g/mol. The lowest BCUT2D eigenvalue weighted by atomic mass is 9.95. The minimum atomic E-state index is 0.757. The summed E-state index contributed by atoms with van der Waals surface area (Å²) in [6, 6.07) is 19.1. The largest absolute Gasteiger partial charge is 0.355 e. The first kappa shape index (κ1) is 25.6. The zero-order chi connectivity index (χ0) is 25.2. The maximum Gasteiger partial charge on any atom is 0.0874 e. The van der Waals surface area contributed by atoms with Crippen LogP contribution in [0.15, 0.2) is 120 Å². The van der Waals surface area contributed by atoms with Crippen molar-refractivity contribution in [3.8, 4) is 11.1 Å². The summed E-state index contributed by atoms with van der Waals surface area (Å²) < 4.78 is 0. The predicted octanol–water partition coefficient (Wildman–Crippen LogP) is 7.60. The molecule has 0 fully saturated rings. The quantitative estimate of drug-likeness (QED) is 0.249. The van der Waals surface area contributed by atoms with E-state index < -0.39 is 0 Å². The van der Waals surface area contributed by atoms with Gasteiger partial charge in [-0.2, -0.15) is 0 Å². The molecule has 0 spiro atoms. The lowest BCUT2D eigenvalue weighted by Crippen LogP contribution is -2.20. The molecule has 2 aromatic carbocycles. The van der Waals surface area contributed by atoms with E-state index >= 15 is 0 Å². The third-order valence-corrected chi connectivity index (χ3v) is 6.00. The van der Waals surface area contributed by atoms with Crippen LogP contribution in [0.5, 0.6) is 0 Å². The van der Waals surface area contributed by atoms with Crippen LogP contribution in [0.25, 0.3) is 11.1 Å². The number of benzene rings is 2. The molecule has 0 aliphatic carbocycles. The summed E-state index contributed by atoms with van der Waals surface area (Å²) in [5.41, 5.74) is 10.6. The topological polar surface area (TPSA) is 37.3 Å². The second-order valence-electron chi connectivity index (χ2n) is 8.47. The molecule has 1 aromatic heterocycles. The van der Waals surface area contributed by atoms with E-state index in [0.29, 0.717) is 0 Å². The standard InChI is InChI=1S/C32H35N3/c1-7-25(8-2)19-30(9-3)35-24(5)32(33-6)31-20-28(16-15-23(31)4)29-18-27(21-34-22-29)17-26-13-11-10-12-14-26/h7,9-16,18-22,35H,1,5,8,17H2,2-4,6H3/b25-19+,30-9+,33-32?. The van der Waals surface area contributed by atoms with Crippen LogP contribution < -0.4 is 5.32 Å². The first-order chi connectivity index (χ1) is 17.0. The Labute approximate surface area is 210 Å². The van der Waals surface area contributed by atoms with Crippen LogP contribution >= 0.6 is 0 Å². The Morgan fingerprint density at radius 2 is 1.80 bits per heavy atom. The van der Waals surface area contributed by atoms with Gasteiger partial charge in [-0.3, -0.25) is 9.98 Å². The molecule has 0 aliphatic rings. The Bertz CT molecular complexity index is 1280. The molecule has 3 rings (SSSR count). The van der Waals surface area contributed by atoms with Crippen LogP contribution in [0.3, 0.4) is 0 Å². The molecule has 0 bridgehead atoms. The Morgan fingerprint density at radius 3 is 2.46 bits per heavy atom. The number of nitrogens with one attached hydrogen (secondary N) is 1. The van der Waals surface area contributed by atoms with E-state index in [1.54, 1.807) is 0 Å². The maximum atomic E-state index is 4.60. The molecule has 1 heterocycles. The number of rotatable bonds is 10. The first-order valence-corrected chi connectivity index (χ1v) is 12.0. The van der Waals surface area contributed by atoms with Gasteiger partial charge in [0.2, 0.25) is 0 Å². The van der Waals surface area contributed by atoms with Crippen LogP contribution in [-0.4, -0.2) is 17.7 Å². The van der Waals surface area contributed by atoms with Gasteiger partial charge in [-0.15, -0.1) is 0 Å². The lowest BCUT2D eigenvalue weighted by molar-refractivity contribution is 1.04. The van der Waals surface area contributed by atoms with E-state index in [4.69, 9.17) is 0 Å². The van der Waals surface area contributed by atoms with Crippen LogP contribution in [0.2, 0.25) is 0 Å². The fourth-order valence-corrected chi connectivity index (χ4v) is 3.98. The Balaban J connectivity index is 1.89. The summed E-state index contributed by atoms with van der Waals surface area (Å²) in [6.45, 7) is 14.4. The molecular formula is C32H35N3. The van der Waals surface area contributed by atoms with E-state index in [9.17, 15) is 0 Å². The van der Waals surface area contributed by atoms with Crippen LogP contribution in [0, 0.1) is 6.92 Å². The summed E-state index contributed by atoms with van der Waals surface area (Å²) in [5.74, 6) is 0. The highest BCUT2D eigenvalue weighted by Gasteiger charge is 2.13. The van der Waals surface area contributed by atoms with Gasteiger partial charge >= 0.3 is 0 Å². The molecular weight excluding hydrogens is 426 g/mol. The van der Waals surface area contributed by atoms with E-state index in [-0.39, 0.29) is 0 Å². The number of aryl methyl sites for hydroxylation is 1. The smallest absolute Gasteiger partial charge is 0.0874 e. The molecule has 0 saturated carbocycles. The van der Waals surface area contributed by atoms with Gasteiger partial charge in [-0.1, -0.05) is 74.7 Å². The van der Waals surface area contributed by atoms with Crippen molar-refractivity contribution in [2.45, 2.75) is 33.6 Å². The Hall–Kier alpha value is -3.98. The normalized spacial score (nSPS) is 12.4. The second kappa shape index (κ2) is 12.5. The molecule has 0 atom stereocenters. The van der Waals surface area contributed by atoms with Gasteiger partial charge in [0.25, 0.3) is 0 Å². The Kier molecular flexibility index (Phi) is 9.14. The number of pyridine rings is 1. The van der Waals surface area contributed by atoms with Crippen LogP contribution in [0.4, 0.5) is 0 Å². The molecule has 3 heteroatoms. The fraction of sp³-hybridized carbons (Fsp3) is 0.188. The number of hydrogen-bond donors (Lipinski definition) is 1. The van der Waals surface area contributed by atoms with Gasteiger partial charge in [-0.25, -0.2) is 0 Å². The van der Waals surface area contributed by atoms with Gasteiger partial charge in [-0.05, 0) is 72.7 Å². The molecule has 3 aromatic rings. The highest BCUT2D eigenvalue weighted by molar-refractivity contribution is 6.13. The van der Waals surface area contributed by atoms with Gasteiger partial charge in [0.1, 0.15) is 0 Å². The maximum absolute atomic E-state index is 4.60. The highest BCUT2D eigenvalue weighted by Crippen LogP contribution is 2.25. The molecule has 35 heavy (non-hydrogen) atoms. The van der Waals surface area contributed by atoms with Gasteiger partial charge in [0, 0.05) is 36.3 Å². The number of aliphatic imine (C=N–C) groups is 1. The fourth-order valence-electron chi connectivity index (χ4n) is 3.98. The van der Waals surface area contributed by atoms with Crippen molar-refractivity contribution < 1.29 is 0 Å². The van der Waals surface area contributed by atoms with E-state index in [0.717, 1.165) is 57.8 Å². The molecule has 1 N–H and O–H groups in total. The van der Waals surface area contributed by atoms with Crippen LogP contribution in [-0.2, 0) is 6.42 Å². The lowest BCUT2D eigenvalue weighted by Gasteiger charge is -2.17. The molecule has 0 unspecified atom stereocenters. The average Bonchev–Trinajstić information content (AvgIpc) is 2.88. The molecule has 3 nitrogen and oxygen atoms in total. The number of hydrogen-bond acceptors (Lipinski definition) is 3. The second-order valence-corrected chi connectivity index (χ2v) is 8.47. The summed E-state index contributed by atoms with van der Waals surface area (Å²) in [4.78, 5) is 9.13. The zero-order valence-electron chi connectivity index (χ0n) is 21.3. The van der Waals surface area contributed by atoms with E-state index in [1.807, 2.05) is 44.6 Å². The summed E-state index contributed by atoms with van der Waals surface area (Å²) >= 11 is 0. The van der Waals surface area contributed by atoms with Crippen molar-refractivity contribution in [3.05, 3.63) is 138 Å². The van der Waals surface area contributed by atoms with Crippen molar-refractivity contribution >= 4 is 5.71 Å². The molecule has 178 valence electrons. The Morgan fingerprint density at radius 1 is 1.03 bits per heavy atom. The number of allylic oxidation sites excluding steroid dienone is 5. The minimum absolute atomic E-state index is 0.757. The molecule has 0 saturated heterocycles. The van der Waals surface area contributed by atoms with Crippen molar-refractivity contribution in [1.29, 1.82) is 0 Å². The third-order valence-electron chi connectivity index (χ3n) is 6.00. The SMILES string of the molecule is C=C/C(=C\C(=C/C)NC(=C)C(=NC)c1cc(-c2cncc(Cc3ccccc3)c2)ccc1C)CC. The van der Waals surface area contributed by atoms with Gasteiger partial charge in [0.05, 0.1) is 11.4 Å². The zero-order valence-corrected chi connectivity index (χ0v) is 21.3. The molecule has 0 amide bonds. The van der Waals surface area contributed by atoms with Crippen molar-refractivity contribution in [3.63, 3.8) is 0 Å². The third kappa shape index (κ3) is 6.77. The molecule has 0 radical (unpaired) electrons. The first-order valence-electron chi connectivity index (χ1n) is 12.0. The van der Waals surface area contributed by atoms with E-state index in [2.05, 4.69) is 96.9 Å². The van der Waals surface area contributed by atoms with Gasteiger partial charge < -0.3 is 5.32 Å². The predicted molar refractivity (Wildman–Crippen MR) is 151 cm³/mol. The molecule has 0 aliphatic heterocycles. The minimum Gasteiger partial charge on any atom is -0.355 e.